The second kappa shape index (κ2) is 2.70. The molecule has 2 aromatic heterocycles. The molecule has 0 saturated heterocycles. The third kappa shape index (κ3) is 1.23. The molecule has 0 amide bonds. The molecule has 0 spiro atoms. The summed E-state index contributed by atoms with van der Waals surface area (Å²) in [7, 11) is 0. The number of carboxylic acid groups (broad SMARTS) is 1. The smallest absolute Gasteiger partial charge is 0.338 e. The summed E-state index contributed by atoms with van der Waals surface area (Å²) < 4.78 is 1.33. The van der Waals surface area contributed by atoms with Gasteiger partial charge in [0.2, 0.25) is 0 Å². The standard InChI is InChI=1S/C7H4ClN3O2/c8-5-2-10-11-3-4(7(12)13)1-9-6(5)11/h1-3H,(H,12,13). The average Bonchev–Trinajstić information content (AvgIpc) is 2.47. The van der Waals surface area contributed by atoms with Crippen molar-refractivity contribution in [2.75, 3.05) is 0 Å². The van der Waals surface area contributed by atoms with Crippen molar-refractivity contribution in [2.24, 2.45) is 0 Å². The first-order valence-corrected chi connectivity index (χ1v) is 3.78. The van der Waals surface area contributed by atoms with Gasteiger partial charge in [0.15, 0.2) is 5.65 Å². The predicted octanol–water partition coefficient (Wildman–Crippen LogP) is 1.08. The van der Waals surface area contributed by atoms with E-state index in [1.54, 1.807) is 0 Å². The summed E-state index contributed by atoms with van der Waals surface area (Å²) in [6.45, 7) is 0. The molecule has 0 aromatic carbocycles. The molecule has 0 aliphatic carbocycles. The summed E-state index contributed by atoms with van der Waals surface area (Å²) >= 11 is 5.71. The lowest BCUT2D eigenvalue weighted by atomic mass is 10.3. The second-order valence-corrected chi connectivity index (χ2v) is 2.82. The van der Waals surface area contributed by atoms with Crippen LogP contribution in [0.5, 0.6) is 0 Å². The minimum Gasteiger partial charge on any atom is -0.478 e. The van der Waals surface area contributed by atoms with E-state index in [2.05, 4.69) is 10.1 Å². The number of rotatable bonds is 1. The van der Waals surface area contributed by atoms with Crippen LogP contribution in [0.3, 0.4) is 0 Å². The van der Waals surface area contributed by atoms with E-state index in [-0.39, 0.29) is 5.56 Å². The first-order valence-electron chi connectivity index (χ1n) is 3.40. The van der Waals surface area contributed by atoms with Gasteiger partial charge in [0.05, 0.1) is 11.8 Å². The molecule has 66 valence electrons. The van der Waals surface area contributed by atoms with E-state index >= 15 is 0 Å². The number of fused-ring (bicyclic) bond motifs is 1. The van der Waals surface area contributed by atoms with Crippen LogP contribution in [0.4, 0.5) is 0 Å². The molecule has 6 heteroatoms. The monoisotopic (exact) mass is 197 g/mol. The second-order valence-electron chi connectivity index (χ2n) is 2.41. The van der Waals surface area contributed by atoms with Gasteiger partial charge >= 0.3 is 5.97 Å². The zero-order valence-electron chi connectivity index (χ0n) is 6.31. The molecule has 2 heterocycles. The molecular weight excluding hydrogens is 194 g/mol. The molecule has 0 fully saturated rings. The van der Waals surface area contributed by atoms with Crippen molar-refractivity contribution in [1.82, 2.24) is 14.6 Å². The SMILES string of the molecule is O=C(O)c1cnc2c(Cl)cnn2c1. The molecule has 2 aromatic rings. The molecule has 0 bridgehead atoms. The van der Waals surface area contributed by atoms with Crippen LogP contribution in [0.1, 0.15) is 10.4 Å². The van der Waals surface area contributed by atoms with Crippen LogP contribution >= 0.6 is 11.6 Å². The Bertz CT molecular complexity index is 480. The lowest BCUT2D eigenvalue weighted by Gasteiger charge is -1.94. The van der Waals surface area contributed by atoms with Crippen LogP contribution in [0, 0.1) is 0 Å². The molecule has 13 heavy (non-hydrogen) atoms. The summed E-state index contributed by atoms with van der Waals surface area (Å²) in [5, 5.41) is 12.9. The Kier molecular flexibility index (Phi) is 1.66. The van der Waals surface area contributed by atoms with Crippen molar-refractivity contribution in [3.05, 3.63) is 29.2 Å². The summed E-state index contributed by atoms with van der Waals surface area (Å²) in [6.07, 6.45) is 4.01. The summed E-state index contributed by atoms with van der Waals surface area (Å²) in [5.41, 5.74) is 0.527. The Morgan fingerprint density at radius 1 is 1.54 bits per heavy atom. The number of nitrogens with zero attached hydrogens (tertiary/aromatic N) is 3. The van der Waals surface area contributed by atoms with Gasteiger partial charge in [0.1, 0.15) is 5.02 Å². The summed E-state index contributed by atoms with van der Waals surface area (Å²) in [5.74, 6) is -1.04. The number of carbonyl (C=O) groups is 1. The van der Waals surface area contributed by atoms with Crippen molar-refractivity contribution in [2.45, 2.75) is 0 Å². The number of halogens is 1. The van der Waals surface area contributed by atoms with Crippen LogP contribution in [0.15, 0.2) is 18.6 Å². The highest BCUT2D eigenvalue weighted by atomic mass is 35.5. The predicted molar refractivity (Wildman–Crippen MR) is 45.0 cm³/mol. The molecule has 0 radical (unpaired) electrons. The van der Waals surface area contributed by atoms with Crippen molar-refractivity contribution in [3.8, 4) is 0 Å². The molecule has 5 nitrogen and oxygen atoms in total. The normalized spacial score (nSPS) is 10.5. The molecule has 0 saturated carbocycles. The van der Waals surface area contributed by atoms with Crippen LogP contribution in [0.2, 0.25) is 5.02 Å². The molecule has 0 atom stereocenters. The van der Waals surface area contributed by atoms with Gasteiger partial charge in [0, 0.05) is 12.4 Å². The Morgan fingerprint density at radius 2 is 2.31 bits per heavy atom. The quantitative estimate of drug-likeness (QED) is 0.743. The molecule has 1 N–H and O–H groups in total. The van der Waals surface area contributed by atoms with Crippen LogP contribution in [-0.2, 0) is 0 Å². The van der Waals surface area contributed by atoms with Crippen LogP contribution in [-0.4, -0.2) is 25.7 Å². The fraction of sp³-hybridized carbons (Fsp3) is 0. The van der Waals surface area contributed by atoms with Crippen molar-refractivity contribution >= 4 is 23.2 Å². The lowest BCUT2D eigenvalue weighted by Crippen LogP contribution is -2.00. The van der Waals surface area contributed by atoms with Gasteiger partial charge < -0.3 is 5.11 Å². The van der Waals surface area contributed by atoms with Crippen molar-refractivity contribution in [1.29, 1.82) is 0 Å². The fourth-order valence-corrected chi connectivity index (χ4v) is 1.14. The highest BCUT2D eigenvalue weighted by Crippen LogP contribution is 2.13. The van der Waals surface area contributed by atoms with E-state index in [0.29, 0.717) is 10.7 Å². The van der Waals surface area contributed by atoms with E-state index in [4.69, 9.17) is 16.7 Å². The Balaban J connectivity index is 2.70. The molecular formula is C7H4ClN3O2. The van der Waals surface area contributed by atoms with Gasteiger partial charge in [-0.15, -0.1) is 0 Å². The van der Waals surface area contributed by atoms with E-state index in [0.717, 1.165) is 0 Å². The van der Waals surface area contributed by atoms with Gasteiger partial charge in [0.25, 0.3) is 0 Å². The molecule has 2 rings (SSSR count). The van der Waals surface area contributed by atoms with Gasteiger partial charge in [-0.1, -0.05) is 11.6 Å². The number of aromatic nitrogens is 3. The Hall–Kier alpha value is -1.62. The number of hydrogen-bond donors (Lipinski definition) is 1. The van der Waals surface area contributed by atoms with Gasteiger partial charge in [-0.3, -0.25) is 0 Å². The van der Waals surface area contributed by atoms with Crippen LogP contribution in [0.25, 0.3) is 5.65 Å². The number of carboxylic acids is 1. The molecule has 0 aliphatic heterocycles. The van der Waals surface area contributed by atoms with E-state index < -0.39 is 5.97 Å². The number of hydrogen-bond acceptors (Lipinski definition) is 3. The van der Waals surface area contributed by atoms with Gasteiger partial charge in [-0.05, 0) is 0 Å². The van der Waals surface area contributed by atoms with Crippen LogP contribution < -0.4 is 0 Å². The number of aromatic carboxylic acids is 1. The first kappa shape index (κ1) is 8.00. The third-order valence-corrected chi connectivity index (χ3v) is 1.83. The zero-order valence-corrected chi connectivity index (χ0v) is 7.06. The Morgan fingerprint density at radius 3 is 3.00 bits per heavy atom. The zero-order chi connectivity index (χ0) is 9.42. The van der Waals surface area contributed by atoms with Gasteiger partial charge in [-0.2, -0.15) is 5.10 Å². The highest BCUT2D eigenvalue weighted by Gasteiger charge is 2.07. The van der Waals surface area contributed by atoms with Crippen molar-refractivity contribution in [3.63, 3.8) is 0 Å². The van der Waals surface area contributed by atoms with E-state index in [1.807, 2.05) is 0 Å². The average molecular weight is 198 g/mol. The largest absolute Gasteiger partial charge is 0.478 e. The third-order valence-electron chi connectivity index (χ3n) is 1.56. The minimum atomic E-state index is -1.04. The summed E-state index contributed by atoms with van der Waals surface area (Å²) in [6, 6.07) is 0. The Labute approximate surface area is 77.6 Å². The fourth-order valence-electron chi connectivity index (χ4n) is 0.956. The summed E-state index contributed by atoms with van der Waals surface area (Å²) in [4.78, 5) is 14.4. The van der Waals surface area contributed by atoms with E-state index in [1.165, 1.54) is 23.1 Å². The lowest BCUT2D eigenvalue weighted by molar-refractivity contribution is 0.0695. The topological polar surface area (TPSA) is 67.5 Å². The first-order chi connectivity index (χ1) is 6.18. The molecule has 0 unspecified atom stereocenters. The minimum absolute atomic E-state index is 0.0762. The van der Waals surface area contributed by atoms with E-state index in [9.17, 15) is 4.79 Å². The maximum atomic E-state index is 10.5. The molecule has 0 aliphatic rings. The van der Waals surface area contributed by atoms with Gasteiger partial charge in [-0.25, -0.2) is 14.3 Å². The maximum Gasteiger partial charge on any atom is 0.338 e. The highest BCUT2D eigenvalue weighted by molar-refractivity contribution is 6.33. The van der Waals surface area contributed by atoms with Crippen molar-refractivity contribution < 1.29 is 9.90 Å². The maximum absolute atomic E-state index is 10.5.